The maximum absolute atomic E-state index is 12.5. The minimum absolute atomic E-state index is 0.181. The van der Waals surface area contributed by atoms with Crippen LogP contribution in [-0.2, 0) is 0 Å². The summed E-state index contributed by atoms with van der Waals surface area (Å²) < 4.78 is 6.96. The highest BCUT2D eigenvalue weighted by Gasteiger charge is 2.16. The van der Waals surface area contributed by atoms with Crippen molar-refractivity contribution in [2.24, 2.45) is 0 Å². The summed E-state index contributed by atoms with van der Waals surface area (Å²) in [4.78, 5) is 16.4. The van der Waals surface area contributed by atoms with Gasteiger partial charge in [0.2, 0.25) is 0 Å². The lowest BCUT2D eigenvalue weighted by atomic mass is 10.1. The van der Waals surface area contributed by atoms with Crippen LogP contribution < -0.4 is 5.32 Å². The first-order valence-corrected chi connectivity index (χ1v) is 8.48. The summed E-state index contributed by atoms with van der Waals surface area (Å²) in [5.74, 6) is 0.277. The highest BCUT2D eigenvalue weighted by Crippen LogP contribution is 2.20. The van der Waals surface area contributed by atoms with Crippen molar-refractivity contribution >= 4 is 5.91 Å². The second kappa shape index (κ2) is 7.25. The van der Waals surface area contributed by atoms with Crippen LogP contribution in [0.15, 0.2) is 77.8 Å². The van der Waals surface area contributed by atoms with E-state index in [-0.39, 0.29) is 17.6 Å². The molecule has 1 atom stereocenters. The first-order chi connectivity index (χ1) is 13.2. The van der Waals surface area contributed by atoms with Gasteiger partial charge in [0, 0.05) is 11.6 Å². The van der Waals surface area contributed by atoms with Gasteiger partial charge in [0.15, 0.2) is 11.5 Å². The zero-order valence-electron chi connectivity index (χ0n) is 14.6. The molecule has 1 amide bonds. The summed E-state index contributed by atoms with van der Waals surface area (Å²) in [7, 11) is 0. The van der Waals surface area contributed by atoms with E-state index in [0.717, 1.165) is 16.8 Å². The number of nitrogens with zero attached hydrogens (tertiary/aromatic N) is 4. The number of nitrogens with one attached hydrogen (secondary N) is 1. The average Bonchev–Trinajstić information content (AvgIpc) is 3.41. The third-order valence-corrected chi connectivity index (χ3v) is 4.23. The Bertz CT molecular complexity index is 1020. The van der Waals surface area contributed by atoms with Gasteiger partial charge in [0.1, 0.15) is 12.7 Å². The van der Waals surface area contributed by atoms with E-state index in [2.05, 4.69) is 20.6 Å². The quantitative estimate of drug-likeness (QED) is 0.590. The molecule has 2 aromatic carbocycles. The number of amides is 1. The van der Waals surface area contributed by atoms with Crippen LogP contribution in [0.5, 0.6) is 0 Å². The third-order valence-electron chi connectivity index (χ3n) is 4.23. The predicted molar refractivity (Wildman–Crippen MR) is 99.2 cm³/mol. The molecule has 0 saturated heterocycles. The Kier molecular flexibility index (Phi) is 4.49. The molecule has 0 bridgehead atoms. The normalized spacial score (nSPS) is 11.9. The fourth-order valence-corrected chi connectivity index (χ4v) is 2.73. The van der Waals surface area contributed by atoms with Crippen molar-refractivity contribution in [2.45, 2.75) is 13.0 Å². The maximum atomic E-state index is 12.5. The molecule has 0 spiro atoms. The molecule has 7 heteroatoms. The van der Waals surface area contributed by atoms with Gasteiger partial charge in [-0.2, -0.15) is 5.10 Å². The molecule has 4 aromatic rings. The van der Waals surface area contributed by atoms with Gasteiger partial charge in [-0.25, -0.2) is 9.67 Å². The van der Waals surface area contributed by atoms with E-state index in [4.69, 9.17) is 4.52 Å². The molecular weight excluding hydrogens is 342 g/mol. The fraction of sp³-hybridized carbons (Fsp3) is 0.100. The average molecular weight is 359 g/mol. The number of hydrogen-bond acceptors (Lipinski definition) is 5. The minimum Gasteiger partial charge on any atom is -0.355 e. The standard InChI is InChI=1S/C20H17N5O2/c1-14(15-7-9-17(10-8-15)25-13-21-12-22-25)23-20(26)18-11-19(27-24-18)16-5-3-2-4-6-16/h2-14H,1H3,(H,23,26). The van der Waals surface area contributed by atoms with Crippen LogP contribution >= 0.6 is 0 Å². The molecule has 2 heterocycles. The molecule has 0 aliphatic carbocycles. The summed E-state index contributed by atoms with van der Waals surface area (Å²) in [5.41, 5.74) is 3.00. The van der Waals surface area contributed by atoms with E-state index in [1.54, 1.807) is 17.1 Å². The lowest BCUT2D eigenvalue weighted by molar-refractivity contribution is 0.0931. The van der Waals surface area contributed by atoms with Crippen LogP contribution in [0.3, 0.4) is 0 Å². The van der Waals surface area contributed by atoms with Gasteiger partial charge in [0.05, 0.1) is 11.7 Å². The molecule has 2 aromatic heterocycles. The largest absolute Gasteiger partial charge is 0.355 e. The Labute approximate surface area is 155 Å². The molecule has 0 fully saturated rings. The number of benzene rings is 2. The smallest absolute Gasteiger partial charge is 0.273 e. The van der Waals surface area contributed by atoms with Gasteiger partial charge >= 0.3 is 0 Å². The summed E-state index contributed by atoms with van der Waals surface area (Å²) in [6, 6.07) is 18.7. The van der Waals surface area contributed by atoms with Crippen molar-refractivity contribution in [2.75, 3.05) is 0 Å². The van der Waals surface area contributed by atoms with E-state index in [9.17, 15) is 4.79 Å². The molecule has 0 aliphatic heterocycles. The second-order valence-electron chi connectivity index (χ2n) is 6.07. The summed E-state index contributed by atoms with van der Waals surface area (Å²) >= 11 is 0. The highest BCUT2D eigenvalue weighted by molar-refractivity contribution is 5.93. The SMILES string of the molecule is CC(NC(=O)c1cc(-c2ccccc2)on1)c1ccc(-n2cncn2)cc1. The molecular formula is C20H17N5O2. The van der Waals surface area contributed by atoms with Crippen molar-refractivity contribution in [1.29, 1.82) is 0 Å². The van der Waals surface area contributed by atoms with Crippen molar-refractivity contribution in [3.63, 3.8) is 0 Å². The topological polar surface area (TPSA) is 85.8 Å². The molecule has 1 N–H and O–H groups in total. The molecule has 7 nitrogen and oxygen atoms in total. The highest BCUT2D eigenvalue weighted by atomic mass is 16.5. The fourth-order valence-electron chi connectivity index (χ4n) is 2.73. The van der Waals surface area contributed by atoms with Crippen LogP contribution in [0.2, 0.25) is 0 Å². The van der Waals surface area contributed by atoms with Crippen LogP contribution in [0, 0.1) is 0 Å². The number of carbonyl (C=O) groups is 1. The van der Waals surface area contributed by atoms with E-state index in [1.165, 1.54) is 6.33 Å². The van der Waals surface area contributed by atoms with Crippen molar-refractivity contribution in [1.82, 2.24) is 25.2 Å². The van der Waals surface area contributed by atoms with Gasteiger partial charge in [-0.15, -0.1) is 0 Å². The number of carbonyl (C=O) groups excluding carboxylic acids is 1. The van der Waals surface area contributed by atoms with E-state index in [0.29, 0.717) is 5.76 Å². The summed E-state index contributed by atoms with van der Waals surface area (Å²) in [6.07, 6.45) is 3.12. The van der Waals surface area contributed by atoms with Crippen LogP contribution in [-0.4, -0.2) is 25.8 Å². The monoisotopic (exact) mass is 359 g/mol. The second-order valence-corrected chi connectivity index (χ2v) is 6.07. The minimum atomic E-state index is -0.284. The molecule has 0 aliphatic rings. The summed E-state index contributed by atoms with van der Waals surface area (Å²) in [6.45, 7) is 1.92. The Morgan fingerprint density at radius 1 is 1.11 bits per heavy atom. The number of rotatable bonds is 5. The molecule has 1 unspecified atom stereocenters. The van der Waals surface area contributed by atoms with Crippen molar-refractivity contribution in [3.05, 3.63) is 84.6 Å². The predicted octanol–water partition coefficient (Wildman–Crippen LogP) is 3.41. The first-order valence-electron chi connectivity index (χ1n) is 8.48. The Morgan fingerprint density at radius 3 is 2.59 bits per heavy atom. The van der Waals surface area contributed by atoms with E-state index in [1.807, 2.05) is 61.5 Å². The van der Waals surface area contributed by atoms with Gasteiger partial charge in [0.25, 0.3) is 5.91 Å². The number of aromatic nitrogens is 4. The first kappa shape index (κ1) is 16.7. The molecule has 0 saturated carbocycles. The molecule has 4 rings (SSSR count). The molecule has 27 heavy (non-hydrogen) atoms. The lowest BCUT2D eigenvalue weighted by Gasteiger charge is -2.13. The zero-order valence-corrected chi connectivity index (χ0v) is 14.6. The van der Waals surface area contributed by atoms with Gasteiger partial charge in [-0.3, -0.25) is 4.79 Å². The van der Waals surface area contributed by atoms with E-state index >= 15 is 0 Å². The van der Waals surface area contributed by atoms with Crippen molar-refractivity contribution in [3.8, 4) is 17.0 Å². The Hall–Kier alpha value is -3.74. The van der Waals surface area contributed by atoms with Crippen molar-refractivity contribution < 1.29 is 9.32 Å². The Balaban J connectivity index is 1.44. The van der Waals surface area contributed by atoms with Crippen LogP contribution in [0.25, 0.3) is 17.0 Å². The van der Waals surface area contributed by atoms with Crippen LogP contribution in [0.4, 0.5) is 0 Å². The van der Waals surface area contributed by atoms with Gasteiger partial charge < -0.3 is 9.84 Å². The van der Waals surface area contributed by atoms with E-state index < -0.39 is 0 Å². The maximum Gasteiger partial charge on any atom is 0.273 e. The molecule has 0 radical (unpaired) electrons. The molecule has 134 valence electrons. The van der Waals surface area contributed by atoms with Gasteiger partial charge in [-0.1, -0.05) is 47.6 Å². The summed E-state index contributed by atoms with van der Waals surface area (Å²) in [5, 5.41) is 10.9. The van der Waals surface area contributed by atoms with Crippen LogP contribution in [0.1, 0.15) is 29.0 Å². The third kappa shape index (κ3) is 3.62. The Morgan fingerprint density at radius 2 is 1.89 bits per heavy atom. The van der Waals surface area contributed by atoms with Gasteiger partial charge in [-0.05, 0) is 24.6 Å². The number of hydrogen-bond donors (Lipinski definition) is 1. The lowest BCUT2D eigenvalue weighted by Crippen LogP contribution is -2.26. The zero-order chi connectivity index (χ0) is 18.6.